The highest BCUT2D eigenvalue weighted by atomic mass is 35.5. The first-order chi connectivity index (χ1) is 11.0. The Labute approximate surface area is 139 Å². The molecule has 2 rings (SSSR count). The van der Waals surface area contributed by atoms with E-state index in [9.17, 15) is 9.90 Å². The first kappa shape index (κ1) is 16.7. The Balaban J connectivity index is 2.14. The number of hydrogen-bond acceptors (Lipinski definition) is 5. The fraction of sp³-hybridized carbons (Fsp3) is 0.118. The van der Waals surface area contributed by atoms with Gasteiger partial charge < -0.3 is 19.9 Å². The van der Waals surface area contributed by atoms with Crippen LogP contribution >= 0.6 is 11.6 Å². The molecule has 0 bridgehead atoms. The van der Waals surface area contributed by atoms with Crippen LogP contribution in [0.15, 0.2) is 48.7 Å². The maximum Gasteiger partial charge on any atom is 0.191 e. The van der Waals surface area contributed by atoms with Crippen molar-refractivity contribution in [1.82, 2.24) is 0 Å². The van der Waals surface area contributed by atoms with Crippen LogP contribution in [0, 0.1) is 0 Å². The van der Waals surface area contributed by atoms with Crippen molar-refractivity contribution in [3.63, 3.8) is 0 Å². The van der Waals surface area contributed by atoms with Gasteiger partial charge in [-0.3, -0.25) is 4.79 Å². The Morgan fingerprint density at radius 2 is 1.96 bits per heavy atom. The second-order valence-electron chi connectivity index (χ2n) is 4.57. The van der Waals surface area contributed by atoms with Crippen LogP contribution in [0.1, 0.15) is 10.4 Å². The van der Waals surface area contributed by atoms with E-state index in [4.69, 9.17) is 21.1 Å². The first-order valence-electron chi connectivity index (χ1n) is 6.73. The summed E-state index contributed by atoms with van der Waals surface area (Å²) in [5.41, 5.74) is 0.810. The second kappa shape index (κ2) is 7.56. The molecule has 6 heteroatoms. The number of carbonyl (C=O) groups excluding carboxylic acids is 1. The molecule has 0 aliphatic rings. The van der Waals surface area contributed by atoms with E-state index >= 15 is 0 Å². The zero-order valence-electron chi connectivity index (χ0n) is 12.7. The van der Waals surface area contributed by atoms with Crippen molar-refractivity contribution >= 4 is 23.1 Å². The summed E-state index contributed by atoms with van der Waals surface area (Å²) in [6, 6.07) is 9.53. The lowest BCUT2D eigenvalue weighted by atomic mass is 10.1. The monoisotopic (exact) mass is 333 g/mol. The summed E-state index contributed by atoms with van der Waals surface area (Å²) in [6.07, 6.45) is 2.77. The van der Waals surface area contributed by atoms with Crippen LogP contribution in [0.25, 0.3) is 0 Å². The summed E-state index contributed by atoms with van der Waals surface area (Å²) < 4.78 is 10.3. The van der Waals surface area contributed by atoms with Gasteiger partial charge in [-0.15, -0.1) is 0 Å². The summed E-state index contributed by atoms with van der Waals surface area (Å²) in [4.78, 5) is 12.2. The second-order valence-corrected chi connectivity index (χ2v) is 5.01. The Hall–Kier alpha value is -2.66. The van der Waals surface area contributed by atoms with Gasteiger partial charge >= 0.3 is 0 Å². The van der Waals surface area contributed by atoms with E-state index in [0.29, 0.717) is 27.8 Å². The van der Waals surface area contributed by atoms with Gasteiger partial charge in [0.1, 0.15) is 17.2 Å². The third-order valence-corrected chi connectivity index (χ3v) is 3.34. The van der Waals surface area contributed by atoms with Crippen molar-refractivity contribution in [2.75, 3.05) is 19.5 Å². The van der Waals surface area contributed by atoms with Gasteiger partial charge in [0.15, 0.2) is 5.78 Å². The number of nitrogens with one attached hydrogen (secondary N) is 1. The maximum atomic E-state index is 12.2. The van der Waals surface area contributed by atoms with E-state index in [1.807, 2.05) is 0 Å². The summed E-state index contributed by atoms with van der Waals surface area (Å²) in [6.45, 7) is 0. The molecule has 120 valence electrons. The van der Waals surface area contributed by atoms with Crippen LogP contribution in [0.2, 0.25) is 5.02 Å². The molecule has 2 aromatic carbocycles. The standard InChI is InChI=1S/C17H16ClNO4/c1-22-12-4-5-13(17(10-12)23-2)15(20)7-8-19-14-9-11(18)3-6-16(14)21/h3-10,19,21H,1-2H3. The molecule has 0 amide bonds. The van der Waals surface area contributed by atoms with Crippen LogP contribution < -0.4 is 14.8 Å². The van der Waals surface area contributed by atoms with E-state index in [2.05, 4.69) is 5.32 Å². The van der Waals surface area contributed by atoms with Crippen molar-refractivity contribution < 1.29 is 19.4 Å². The molecule has 23 heavy (non-hydrogen) atoms. The summed E-state index contributed by atoms with van der Waals surface area (Å²) in [7, 11) is 3.02. The highest BCUT2D eigenvalue weighted by Gasteiger charge is 2.10. The predicted octanol–water partition coefficient (Wildman–Crippen LogP) is 3.87. The number of hydrogen-bond donors (Lipinski definition) is 2. The molecule has 0 radical (unpaired) electrons. The number of anilines is 1. The number of halogens is 1. The molecule has 0 unspecified atom stereocenters. The average molecular weight is 334 g/mol. The maximum absolute atomic E-state index is 12.2. The lowest BCUT2D eigenvalue weighted by Crippen LogP contribution is -2.00. The van der Waals surface area contributed by atoms with Crippen molar-refractivity contribution in [2.24, 2.45) is 0 Å². The largest absolute Gasteiger partial charge is 0.506 e. The summed E-state index contributed by atoms with van der Waals surface area (Å²) >= 11 is 5.85. The smallest absolute Gasteiger partial charge is 0.191 e. The SMILES string of the molecule is COc1ccc(C(=O)C=CNc2cc(Cl)ccc2O)c(OC)c1. The van der Waals surface area contributed by atoms with Gasteiger partial charge in [-0.05, 0) is 30.3 Å². The molecule has 2 N–H and O–H groups in total. The van der Waals surface area contributed by atoms with Crippen LogP contribution in [-0.4, -0.2) is 25.1 Å². The molecule has 0 atom stereocenters. The molecule has 2 aromatic rings. The number of ketones is 1. The molecule has 0 spiro atoms. The van der Waals surface area contributed by atoms with E-state index < -0.39 is 0 Å². The quantitative estimate of drug-likeness (QED) is 0.477. The Kier molecular flexibility index (Phi) is 5.49. The van der Waals surface area contributed by atoms with Gasteiger partial charge in [-0.25, -0.2) is 0 Å². The van der Waals surface area contributed by atoms with Crippen molar-refractivity contribution in [3.8, 4) is 17.2 Å². The predicted molar refractivity (Wildman–Crippen MR) is 89.8 cm³/mol. The van der Waals surface area contributed by atoms with Gasteiger partial charge in [0.2, 0.25) is 0 Å². The molecule has 0 aromatic heterocycles. The highest BCUT2D eigenvalue weighted by molar-refractivity contribution is 6.30. The number of phenolic OH excluding ortho intramolecular Hbond substituents is 1. The number of phenols is 1. The lowest BCUT2D eigenvalue weighted by molar-refractivity contribution is 0.104. The van der Waals surface area contributed by atoms with Gasteiger partial charge in [0, 0.05) is 23.4 Å². The minimum absolute atomic E-state index is 0.0357. The first-order valence-corrected chi connectivity index (χ1v) is 7.11. The van der Waals surface area contributed by atoms with Gasteiger partial charge in [0.25, 0.3) is 0 Å². The van der Waals surface area contributed by atoms with Crippen LogP contribution in [0.4, 0.5) is 5.69 Å². The zero-order valence-corrected chi connectivity index (χ0v) is 13.4. The molecular formula is C17H16ClNO4. The third-order valence-electron chi connectivity index (χ3n) is 3.11. The van der Waals surface area contributed by atoms with Crippen LogP contribution in [0.5, 0.6) is 17.2 Å². The molecular weight excluding hydrogens is 318 g/mol. The molecule has 0 aliphatic heterocycles. The zero-order chi connectivity index (χ0) is 16.8. The number of methoxy groups -OCH3 is 2. The number of ether oxygens (including phenoxy) is 2. The Morgan fingerprint density at radius 1 is 1.17 bits per heavy atom. The number of rotatable bonds is 6. The molecule has 0 saturated carbocycles. The average Bonchev–Trinajstić information content (AvgIpc) is 2.57. The summed E-state index contributed by atoms with van der Waals surface area (Å²) in [5.74, 6) is 0.806. The highest BCUT2D eigenvalue weighted by Crippen LogP contribution is 2.27. The van der Waals surface area contributed by atoms with Gasteiger partial charge in [0.05, 0.1) is 25.5 Å². The molecule has 0 heterocycles. The van der Waals surface area contributed by atoms with E-state index in [-0.39, 0.29) is 11.5 Å². The van der Waals surface area contributed by atoms with Gasteiger partial charge in [-0.1, -0.05) is 11.6 Å². The number of allylic oxidation sites excluding steroid dienone is 1. The Bertz CT molecular complexity index is 743. The molecule has 0 fully saturated rings. The van der Waals surface area contributed by atoms with E-state index in [1.54, 1.807) is 30.3 Å². The van der Waals surface area contributed by atoms with Crippen molar-refractivity contribution in [3.05, 3.63) is 59.3 Å². The third kappa shape index (κ3) is 4.17. The fourth-order valence-corrected chi connectivity index (χ4v) is 2.09. The molecule has 5 nitrogen and oxygen atoms in total. The van der Waals surface area contributed by atoms with Crippen molar-refractivity contribution in [2.45, 2.75) is 0 Å². The minimum Gasteiger partial charge on any atom is -0.506 e. The molecule has 0 saturated heterocycles. The van der Waals surface area contributed by atoms with Crippen LogP contribution in [0.3, 0.4) is 0 Å². The van der Waals surface area contributed by atoms with Gasteiger partial charge in [-0.2, -0.15) is 0 Å². The summed E-state index contributed by atoms with van der Waals surface area (Å²) in [5, 5.41) is 13.0. The number of aromatic hydroxyl groups is 1. The van der Waals surface area contributed by atoms with Crippen LogP contribution in [-0.2, 0) is 0 Å². The van der Waals surface area contributed by atoms with E-state index in [1.165, 1.54) is 32.6 Å². The minimum atomic E-state index is -0.251. The topological polar surface area (TPSA) is 67.8 Å². The normalized spacial score (nSPS) is 10.6. The number of benzene rings is 2. The fourth-order valence-electron chi connectivity index (χ4n) is 1.92. The van der Waals surface area contributed by atoms with Crippen molar-refractivity contribution in [1.29, 1.82) is 0 Å². The Morgan fingerprint density at radius 3 is 2.65 bits per heavy atom. The number of carbonyl (C=O) groups is 1. The molecule has 0 aliphatic carbocycles. The lowest BCUT2D eigenvalue weighted by Gasteiger charge is -2.08. The van der Waals surface area contributed by atoms with E-state index in [0.717, 1.165) is 0 Å².